The average molecular weight is 179 g/mol. The van der Waals surface area contributed by atoms with Gasteiger partial charge in [0, 0.05) is 12.5 Å². The van der Waals surface area contributed by atoms with Gasteiger partial charge in [0.15, 0.2) is 0 Å². The number of hydrogen-bond donors (Lipinski definition) is 1. The molecule has 0 aliphatic carbocycles. The van der Waals surface area contributed by atoms with Gasteiger partial charge in [-0.3, -0.25) is 0 Å². The summed E-state index contributed by atoms with van der Waals surface area (Å²) in [5.41, 5.74) is 7.13. The molecule has 0 bridgehead atoms. The zero-order chi connectivity index (χ0) is 9.42. The van der Waals surface area contributed by atoms with E-state index in [0.29, 0.717) is 6.04 Å². The molecule has 1 aromatic rings. The summed E-state index contributed by atoms with van der Waals surface area (Å²) < 4.78 is 2.33. The van der Waals surface area contributed by atoms with E-state index in [2.05, 4.69) is 23.4 Å². The fraction of sp³-hybridized carbons (Fsp3) is 0.700. The molecule has 0 fully saturated rings. The maximum Gasteiger partial charge on any atom is 0.145 e. The Morgan fingerprint density at radius 1 is 1.62 bits per heavy atom. The van der Waals surface area contributed by atoms with Crippen LogP contribution in [0.3, 0.4) is 0 Å². The maximum absolute atomic E-state index is 5.87. The Balaban J connectivity index is 2.52. The maximum atomic E-state index is 5.87. The van der Waals surface area contributed by atoms with Gasteiger partial charge in [0.1, 0.15) is 11.6 Å². The SMILES string of the molecule is CCc1nc(N)c2n1C(C)CCC2. The molecule has 72 valence electrons. The number of hydrogen-bond acceptors (Lipinski definition) is 2. The van der Waals surface area contributed by atoms with E-state index < -0.39 is 0 Å². The second-order valence-corrected chi connectivity index (χ2v) is 3.82. The second kappa shape index (κ2) is 3.05. The van der Waals surface area contributed by atoms with Gasteiger partial charge in [-0.2, -0.15) is 0 Å². The van der Waals surface area contributed by atoms with Crippen LogP contribution in [0.15, 0.2) is 0 Å². The molecule has 0 saturated carbocycles. The summed E-state index contributed by atoms with van der Waals surface area (Å²) in [4.78, 5) is 4.40. The highest BCUT2D eigenvalue weighted by molar-refractivity contribution is 5.38. The van der Waals surface area contributed by atoms with Gasteiger partial charge in [-0.05, 0) is 26.2 Å². The highest BCUT2D eigenvalue weighted by atomic mass is 15.1. The summed E-state index contributed by atoms with van der Waals surface area (Å²) in [6, 6.07) is 0.587. The number of nitrogen functional groups attached to an aromatic ring is 1. The quantitative estimate of drug-likeness (QED) is 0.715. The fourth-order valence-electron chi connectivity index (χ4n) is 2.25. The van der Waals surface area contributed by atoms with Crippen molar-refractivity contribution < 1.29 is 0 Å². The molecule has 0 aromatic carbocycles. The normalized spacial score (nSPS) is 21.5. The van der Waals surface area contributed by atoms with E-state index in [0.717, 1.165) is 24.5 Å². The molecule has 3 nitrogen and oxygen atoms in total. The number of anilines is 1. The highest BCUT2D eigenvalue weighted by Gasteiger charge is 2.21. The van der Waals surface area contributed by atoms with Gasteiger partial charge < -0.3 is 10.3 Å². The first-order valence-corrected chi connectivity index (χ1v) is 5.09. The number of aryl methyl sites for hydroxylation is 1. The first-order chi connectivity index (χ1) is 6.24. The standard InChI is InChI=1S/C10H17N3/c1-3-9-12-10(11)8-6-4-5-7(2)13(8)9/h7H,3-6,11H2,1-2H3. The third-order valence-electron chi connectivity index (χ3n) is 2.91. The van der Waals surface area contributed by atoms with Crippen LogP contribution < -0.4 is 5.73 Å². The van der Waals surface area contributed by atoms with Crippen molar-refractivity contribution in [1.82, 2.24) is 9.55 Å². The predicted octanol–water partition coefficient (Wildman–Crippen LogP) is 1.93. The largest absolute Gasteiger partial charge is 0.382 e. The Hall–Kier alpha value is -0.990. The summed E-state index contributed by atoms with van der Waals surface area (Å²) in [5.74, 6) is 1.91. The van der Waals surface area contributed by atoms with E-state index in [9.17, 15) is 0 Å². The molecule has 1 aliphatic rings. The van der Waals surface area contributed by atoms with Crippen molar-refractivity contribution in [2.24, 2.45) is 0 Å². The third-order valence-corrected chi connectivity index (χ3v) is 2.91. The minimum atomic E-state index is 0.587. The van der Waals surface area contributed by atoms with E-state index in [1.165, 1.54) is 18.5 Å². The number of aromatic nitrogens is 2. The number of imidazole rings is 1. The Morgan fingerprint density at radius 2 is 2.38 bits per heavy atom. The molecule has 1 aromatic heterocycles. The van der Waals surface area contributed by atoms with E-state index in [1.54, 1.807) is 0 Å². The van der Waals surface area contributed by atoms with Crippen molar-refractivity contribution in [3.63, 3.8) is 0 Å². The molecule has 13 heavy (non-hydrogen) atoms. The van der Waals surface area contributed by atoms with Crippen LogP contribution in [0.5, 0.6) is 0 Å². The molecule has 0 saturated heterocycles. The van der Waals surface area contributed by atoms with Gasteiger partial charge in [0.2, 0.25) is 0 Å². The molecule has 0 spiro atoms. The second-order valence-electron chi connectivity index (χ2n) is 3.82. The number of nitrogens with two attached hydrogens (primary N) is 1. The van der Waals surface area contributed by atoms with Crippen LogP contribution in [0, 0.1) is 0 Å². The molecule has 2 heterocycles. The topological polar surface area (TPSA) is 43.8 Å². The van der Waals surface area contributed by atoms with E-state index in [1.807, 2.05) is 0 Å². The van der Waals surface area contributed by atoms with Crippen molar-refractivity contribution in [3.05, 3.63) is 11.5 Å². The third kappa shape index (κ3) is 1.23. The number of fused-ring (bicyclic) bond motifs is 1. The highest BCUT2D eigenvalue weighted by Crippen LogP contribution is 2.29. The monoisotopic (exact) mass is 179 g/mol. The lowest BCUT2D eigenvalue weighted by Gasteiger charge is -2.23. The summed E-state index contributed by atoms with van der Waals surface area (Å²) in [6.07, 6.45) is 4.59. The molecule has 1 atom stereocenters. The molecule has 0 amide bonds. The minimum absolute atomic E-state index is 0.587. The van der Waals surface area contributed by atoms with Crippen LogP contribution >= 0.6 is 0 Å². The number of nitrogens with zero attached hydrogens (tertiary/aromatic N) is 2. The van der Waals surface area contributed by atoms with Crippen molar-refractivity contribution >= 4 is 5.82 Å². The van der Waals surface area contributed by atoms with Crippen molar-refractivity contribution in [1.29, 1.82) is 0 Å². The molecular weight excluding hydrogens is 162 g/mol. The van der Waals surface area contributed by atoms with Gasteiger partial charge in [0.05, 0.1) is 5.69 Å². The minimum Gasteiger partial charge on any atom is -0.382 e. The molecule has 0 radical (unpaired) electrons. The Morgan fingerprint density at radius 3 is 3.08 bits per heavy atom. The van der Waals surface area contributed by atoms with Gasteiger partial charge >= 0.3 is 0 Å². The van der Waals surface area contributed by atoms with Crippen LogP contribution in [-0.2, 0) is 12.8 Å². The summed E-state index contributed by atoms with van der Waals surface area (Å²) in [5, 5.41) is 0. The fourth-order valence-corrected chi connectivity index (χ4v) is 2.25. The van der Waals surface area contributed by atoms with Crippen LogP contribution in [0.2, 0.25) is 0 Å². The Labute approximate surface area is 79.0 Å². The summed E-state index contributed by atoms with van der Waals surface area (Å²) in [7, 11) is 0. The molecule has 2 rings (SSSR count). The van der Waals surface area contributed by atoms with Crippen molar-refractivity contribution in [2.45, 2.75) is 45.6 Å². The Kier molecular flexibility index (Phi) is 2.02. The van der Waals surface area contributed by atoms with Crippen LogP contribution in [0.4, 0.5) is 5.82 Å². The summed E-state index contributed by atoms with van der Waals surface area (Å²) >= 11 is 0. The van der Waals surface area contributed by atoms with Crippen LogP contribution in [-0.4, -0.2) is 9.55 Å². The van der Waals surface area contributed by atoms with Crippen molar-refractivity contribution in [2.75, 3.05) is 5.73 Å². The first kappa shape index (κ1) is 8.60. The lowest BCUT2D eigenvalue weighted by molar-refractivity contribution is 0.420. The zero-order valence-electron chi connectivity index (χ0n) is 8.38. The zero-order valence-corrected chi connectivity index (χ0v) is 8.38. The van der Waals surface area contributed by atoms with E-state index in [4.69, 9.17) is 5.73 Å². The van der Waals surface area contributed by atoms with Crippen LogP contribution in [0.1, 0.15) is 44.2 Å². The molecular formula is C10H17N3. The number of rotatable bonds is 1. The smallest absolute Gasteiger partial charge is 0.145 e. The van der Waals surface area contributed by atoms with E-state index >= 15 is 0 Å². The lowest BCUT2D eigenvalue weighted by Crippen LogP contribution is -2.17. The summed E-state index contributed by atoms with van der Waals surface area (Å²) in [6.45, 7) is 4.39. The first-order valence-electron chi connectivity index (χ1n) is 5.09. The molecule has 3 heteroatoms. The lowest BCUT2D eigenvalue weighted by atomic mass is 10.0. The van der Waals surface area contributed by atoms with Gasteiger partial charge in [-0.15, -0.1) is 0 Å². The molecule has 1 aliphatic heterocycles. The van der Waals surface area contributed by atoms with Crippen molar-refractivity contribution in [3.8, 4) is 0 Å². The average Bonchev–Trinajstić information content (AvgIpc) is 2.45. The van der Waals surface area contributed by atoms with Crippen LogP contribution in [0.25, 0.3) is 0 Å². The predicted molar refractivity (Wildman–Crippen MR) is 53.7 cm³/mol. The Bertz CT molecular complexity index is 314. The molecule has 2 N–H and O–H groups in total. The molecule has 1 unspecified atom stereocenters. The van der Waals surface area contributed by atoms with Gasteiger partial charge in [-0.1, -0.05) is 6.92 Å². The van der Waals surface area contributed by atoms with Gasteiger partial charge in [-0.25, -0.2) is 4.98 Å². The van der Waals surface area contributed by atoms with E-state index in [-0.39, 0.29) is 0 Å². The van der Waals surface area contributed by atoms with Gasteiger partial charge in [0.25, 0.3) is 0 Å².